The Morgan fingerprint density at radius 2 is 1.86 bits per heavy atom. The van der Waals surface area contributed by atoms with Crippen LogP contribution >= 0.6 is 0 Å². The Morgan fingerprint density at radius 1 is 1.18 bits per heavy atom. The Hall–Kier alpha value is -2.10. The molecule has 1 aliphatic rings. The Labute approximate surface area is 167 Å². The number of aromatic nitrogens is 3. The van der Waals surface area contributed by atoms with E-state index in [9.17, 15) is 8.42 Å². The van der Waals surface area contributed by atoms with E-state index in [4.69, 9.17) is 10.7 Å². The topological polar surface area (TPSA) is 105 Å². The summed E-state index contributed by atoms with van der Waals surface area (Å²) in [5, 5.41) is 0. The fraction of sp³-hybridized carbons (Fsp3) is 0.526. The van der Waals surface area contributed by atoms with Gasteiger partial charge in [-0.2, -0.15) is 17.0 Å². The van der Waals surface area contributed by atoms with Crippen molar-refractivity contribution in [1.82, 2.24) is 23.6 Å². The third kappa shape index (κ3) is 4.31. The van der Waals surface area contributed by atoms with E-state index >= 15 is 0 Å². The van der Waals surface area contributed by atoms with Crippen LogP contribution in [-0.4, -0.2) is 58.2 Å². The average Bonchev–Trinajstić information content (AvgIpc) is 2.69. The molecule has 0 saturated carbocycles. The SMILES string of the molecule is CCN(CC)S(=O)(=O)N1CCCC(c2cc(-c3cnc(N)nc3)cc(C)n2)C1. The Morgan fingerprint density at radius 3 is 2.50 bits per heavy atom. The second-order valence-electron chi connectivity index (χ2n) is 7.04. The second kappa shape index (κ2) is 8.50. The molecule has 3 heterocycles. The Balaban J connectivity index is 1.88. The highest BCUT2D eigenvalue weighted by atomic mass is 32.2. The number of hydrogen-bond donors (Lipinski definition) is 1. The van der Waals surface area contributed by atoms with Gasteiger partial charge in [-0.15, -0.1) is 0 Å². The highest BCUT2D eigenvalue weighted by molar-refractivity contribution is 7.86. The number of pyridine rings is 1. The molecular weight excluding hydrogens is 376 g/mol. The van der Waals surface area contributed by atoms with Crippen LogP contribution in [0.2, 0.25) is 0 Å². The Kier molecular flexibility index (Phi) is 6.26. The maximum Gasteiger partial charge on any atom is 0.281 e. The van der Waals surface area contributed by atoms with Crippen LogP contribution in [0.5, 0.6) is 0 Å². The van der Waals surface area contributed by atoms with Crippen LogP contribution < -0.4 is 5.73 Å². The van der Waals surface area contributed by atoms with Crippen LogP contribution in [-0.2, 0) is 10.2 Å². The van der Waals surface area contributed by atoms with Crippen LogP contribution in [0.4, 0.5) is 5.95 Å². The van der Waals surface area contributed by atoms with E-state index in [1.54, 1.807) is 16.7 Å². The third-order valence-corrected chi connectivity index (χ3v) is 7.29. The summed E-state index contributed by atoms with van der Waals surface area (Å²) in [4.78, 5) is 12.8. The van der Waals surface area contributed by atoms with Gasteiger partial charge in [0, 0.05) is 61.4 Å². The quantitative estimate of drug-likeness (QED) is 0.791. The molecule has 1 atom stereocenters. The van der Waals surface area contributed by atoms with Crippen molar-refractivity contribution < 1.29 is 8.42 Å². The van der Waals surface area contributed by atoms with Crippen molar-refractivity contribution in [2.24, 2.45) is 0 Å². The van der Waals surface area contributed by atoms with Gasteiger partial charge in [-0.25, -0.2) is 9.97 Å². The first-order valence-corrected chi connectivity index (χ1v) is 11.1. The number of piperidine rings is 1. The summed E-state index contributed by atoms with van der Waals surface area (Å²) in [6.45, 7) is 7.64. The molecule has 2 aromatic rings. The molecule has 0 aromatic carbocycles. The van der Waals surface area contributed by atoms with Crippen molar-refractivity contribution in [3.8, 4) is 11.1 Å². The first-order chi connectivity index (χ1) is 13.3. The molecule has 152 valence electrons. The minimum Gasteiger partial charge on any atom is -0.368 e. The summed E-state index contributed by atoms with van der Waals surface area (Å²) in [7, 11) is -3.44. The third-order valence-electron chi connectivity index (χ3n) is 5.14. The number of nitrogen functional groups attached to an aromatic ring is 1. The van der Waals surface area contributed by atoms with E-state index in [1.807, 2.05) is 32.9 Å². The summed E-state index contributed by atoms with van der Waals surface area (Å²) >= 11 is 0. The highest BCUT2D eigenvalue weighted by Crippen LogP contribution is 2.31. The maximum absolute atomic E-state index is 12.9. The van der Waals surface area contributed by atoms with Crippen molar-refractivity contribution >= 4 is 16.2 Å². The van der Waals surface area contributed by atoms with E-state index in [2.05, 4.69) is 9.97 Å². The van der Waals surface area contributed by atoms with Crippen molar-refractivity contribution in [3.05, 3.63) is 35.9 Å². The minimum atomic E-state index is -3.44. The first-order valence-electron chi connectivity index (χ1n) is 9.66. The second-order valence-corrected chi connectivity index (χ2v) is 8.97. The number of nitrogens with two attached hydrogens (primary N) is 1. The van der Waals surface area contributed by atoms with Crippen LogP contribution in [0.25, 0.3) is 11.1 Å². The number of aryl methyl sites for hydroxylation is 1. The molecule has 2 aromatic heterocycles. The zero-order valence-corrected chi connectivity index (χ0v) is 17.5. The molecule has 0 amide bonds. The Bertz CT molecular complexity index is 913. The van der Waals surface area contributed by atoms with Gasteiger partial charge in [0.25, 0.3) is 10.2 Å². The smallest absolute Gasteiger partial charge is 0.281 e. The zero-order chi connectivity index (χ0) is 20.3. The van der Waals surface area contributed by atoms with Crippen LogP contribution in [0.15, 0.2) is 24.5 Å². The van der Waals surface area contributed by atoms with E-state index in [0.29, 0.717) is 26.2 Å². The lowest BCUT2D eigenvalue weighted by Gasteiger charge is -2.35. The van der Waals surface area contributed by atoms with Gasteiger partial charge >= 0.3 is 0 Å². The summed E-state index contributed by atoms with van der Waals surface area (Å²) in [6, 6.07) is 3.99. The van der Waals surface area contributed by atoms with Crippen molar-refractivity contribution in [3.63, 3.8) is 0 Å². The summed E-state index contributed by atoms with van der Waals surface area (Å²) in [5.41, 5.74) is 9.20. The van der Waals surface area contributed by atoms with Gasteiger partial charge in [-0.05, 0) is 37.5 Å². The lowest BCUT2D eigenvalue weighted by Crippen LogP contribution is -2.47. The molecule has 3 rings (SSSR count). The van der Waals surface area contributed by atoms with Gasteiger partial charge in [0.1, 0.15) is 0 Å². The largest absolute Gasteiger partial charge is 0.368 e. The van der Waals surface area contributed by atoms with Gasteiger partial charge in [-0.3, -0.25) is 4.98 Å². The molecule has 28 heavy (non-hydrogen) atoms. The first kappa shape index (κ1) is 20.6. The van der Waals surface area contributed by atoms with E-state index in [1.165, 1.54) is 4.31 Å². The summed E-state index contributed by atoms with van der Waals surface area (Å²) < 4.78 is 28.9. The number of hydrogen-bond acceptors (Lipinski definition) is 6. The average molecular weight is 405 g/mol. The van der Waals surface area contributed by atoms with Gasteiger partial charge in [0.15, 0.2) is 0 Å². The molecule has 0 aliphatic carbocycles. The lowest BCUT2D eigenvalue weighted by atomic mass is 9.93. The van der Waals surface area contributed by atoms with Crippen LogP contribution in [0.3, 0.4) is 0 Å². The number of anilines is 1. The molecule has 0 spiro atoms. The molecule has 1 saturated heterocycles. The number of nitrogens with zero attached hydrogens (tertiary/aromatic N) is 5. The molecule has 8 nitrogen and oxygen atoms in total. The van der Waals surface area contributed by atoms with Gasteiger partial charge in [-0.1, -0.05) is 13.8 Å². The molecule has 1 fully saturated rings. The zero-order valence-electron chi connectivity index (χ0n) is 16.7. The number of rotatable bonds is 6. The van der Waals surface area contributed by atoms with Gasteiger partial charge in [0.2, 0.25) is 5.95 Å². The van der Waals surface area contributed by atoms with Crippen molar-refractivity contribution in [2.75, 3.05) is 31.9 Å². The van der Waals surface area contributed by atoms with Crippen molar-refractivity contribution in [2.45, 2.75) is 39.5 Å². The van der Waals surface area contributed by atoms with E-state index in [0.717, 1.165) is 35.4 Å². The standard InChI is InChI=1S/C19H28N6O2S/c1-4-24(5-2)28(26,27)25-8-6-7-15(13-25)18-10-16(9-14(3)23-18)17-11-21-19(20)22-12-17/h9-12,15H,4-8,13H2,1-3H3,(H2,20,21,22). The van der Waals surface area contributed by atoms with Crippen LogP contribution in [0, 0.1) is 6.92 Å². The molecule has 9 heteroatoms. The predicted octanol–water partition coefficient (Wildman–Crippen LogP) is 2.20. The lowest BCUT2D eigenvalue weighted by molar-refractivity contribution is 0.285. The highest BCUT2D eigenvalue weighted by Gasteiger charge is 2.33. The summed E-state index contributed by atoms with van der Waals surface area (Å²) in [5.74, 6) is 0.298. The maximum atomic E-state index is 12.9. The molecule has 2 N–H and O–H groups in total. The van der Waals surface area contributed by atoms with E-state index < -0.39 is 10.2 Å². The van der Waals surface area contributed by atoms with Gasteiger partial charge in [0.05, 0.1) is 0 Å². The molecule has 1 aliphatic heterocycles. The van der Waals surface area contributed by atoms with E-state index in [-0.39, 0.29) is 11.9 Å². The molecule has 0 radical (unpaired) electrons. The van der Waals surface area contributed by atoms with Crippen molar-refractivity contribution in [1.29, 1.82) is 0 Å². The summed E-state index contributed by atoms with van der Waals surface area (Å²) in [6.07, 6.45) is 5.12. The molecular formula is C19H28N6O2S. The fourth-order valence-corrected chi connectivity index (χ4v) is 5.37. The monoisotopic (exact) mass is 404 g/mol. The van der Waals surface area contributed by atoms with Gasteiger partial charge < -0.3 is 5.73 Å². The molecule has 1 unspecified atom stereocenters. The molecule has 0 bridgehead atoms. The predicted molar refractivity (Wildman–Crippen MR) is 110 cm³/mol. The fourth-order valence-electron chi connectivity index (χ4n) is 3.66. The minimum absolute atomic E-state index is 0.0624. The normalized spacial score (nSPS) is 18.5. The van der Waals surface area contributed by atoms with Crippen LogP contribution in [0.1, 0.15) is 44.0 Å².